The Bertz CT molecular complexity index is 99.3. The predicted octanol–water partition coefficient (Wildman–Crippen LogP) is 3.54. The fourth-order valence-corrected chi connectivity index (χ4v) is 1.66. The van der Waals surface area contributed by atoms with Crippen molar-refractivity contribution in [1.82, 2.24) is 4.90 Å². The smallest absolute Gasteiger partial charge is 0.000427 e. The molecule has 1 nitrogen and oxygen atoms in total. The molecule has 0 heterocycles. The Morgan fingerprint density at radius 2 is 1.69 bits per heavy atom. The van der Waals surface area contributed by atoms with Gasteiger partial charge in [-0.05, 0) is 25.4 Å². The van der Waals surface area contributed by atoms with Crippen LogP contribution in [0.4, 0.5) is 0 Å². The molecule has 0 rings (SSSR count). The number of rotatable bonds is 8. The molecule has 0 amide bonds. The van der Waals surface area contributed by atoms with Crippen LogP contribution in [0.25, 0.3) is 0 Å². The van der Waals surface area contributed by atoms with Crippen molar-refractivity contribution in [2.45, 2.75) is 53.4 Å². The van der Waals surface area contributed by atoms with Gasteiger partial charge in [0.1, 0.15) is 0 Å². The molecule has 0 saturated carbocycles. The van der Waals surface area contributed by atoms with Crippen LogP contribution in [-0.2, 0) is 0 Å². The van der Waals surface area contributed by atoms with Gasteiger partial charge in [0, 0.05) is 6.54 Å². The number of hydrogen-bond donors (Lipinski definition) is 0. The molecule has 0 saturated heterocycles. The van der Waals surface area contributed by atoms with E-state index in [2.05, 4.69) is 32.6 Å². The summed E-state index contributed by atoms with van der Waals surface area (Å²) >= 11 is 0. The molecule has 0 unspecified atom stereocenters. The fraction of sp³-hybridized carbons (Fsp3) is 1.00. The Morgan fingerprint density at radius 3 is 2.15 bits per heavy atom. The van der Waals surface area contributed by atoms with Crippen LogP contribution in [0.2, 0.25) is 0 Å². The van der Waals surface area contributed by atoms with Crippen LogP contribution >= 0.6 is 0 Å². The molecule has 0 N–H and O–H groups in total. The number of unbranched alkanes of at least 4 members (excludes halogenated alkanes) is 3. The molecule has 0 bridgehead atoms. The predicted molar refractivity (Wildman–Crippen MR) is 61.1 cm³/mol. The lowest BCUT2D eigenvalue weighted by Gasteiger charge is -2.22. The molecule has 0 aliphatic rings. The molecule has 80 valence electrons. The summed E-state index contributed by atoms with van der Waals surface area (Å²) in [5.74, 6) is 0.811. The Kier molecular flexibility index (Phi) is 8.53. The van der Waals surface area contributed by atoms with Crippen LogP contribution in [0.1, 0.15) is 53.4 Å². The third-order valence-electron chi connectivity index (χ3n) is 2.40. The van der Waals surface area contributed by atoms with Gasteiger partial charge in [0.2, 0.25) is 0 Å². The largest absolute Gasteiger partial charge is 0.303 e. The highest BCUT2D eigenvalue weighted by atomic mass is 15.1. The van der Waals surface area contributed by atoms with Gasteiger partial charge in [0.05, 0.1) is 0 Å². The summed E-state index contributed by atoms with van der Waals surface area (Å²) in [6.45, 7) is 12.9. The summed E-state index contributed by atoms with van der Waals surface area (Å²) in [5.41, 5.74) is 0. The maximum Gasteiger partial charge on any atom is 0.000427 e. The Morgan fingerprint density at radius 1 is 1.00 bits per heavy atom. The van der Waals surface area contributed by atoms with Crippen LogP contribution in [0.3, 0.4) is 0 Å². The third-order valence-corrected chi connectivity index (χ3v) is 2.40. The second kappa shape index (κ2) is 8.55. The van der Waals surface area contributed by atoms with Crippen LogP contribution in [0, 0.1) is 5.92 Å². The van der Waals surface area contributed by atoms with Crippen molar-refractivity contribution in [3.8, 4) is 0 Å². The summed E-state index contributed by atoms with van der Waals surface area (Å²) < 4.78 is 0. The van der Waals surface area contributed by atoms with Gasteiger partial charge in [-0.15, -0.1) is 0 Å². The van der Waals surface area contributed by atoms with Crippen LogP contribution < -0.4 is 0 Å². The summed E-state index contributed by atoms with van der Waals surface area (Å²) in [7, 11) is 0. The molecule has 0 radical (unpaired) electrons. The molecule has 0 fully saturated rings. The first-order valence-corrected chi connectivity index (χ1v) is 5.93. The van der Waals surface area contributed by atoms with Crippen molar-refractivity contribution in [1.29, 1.82) is 0 Å². The molecule has 0 aromatic heterocycles. The maximum absolute atomic E-state index is 2.57. The molecule has 0 atom stereocenters. The van der Waals surface area contributed by atoms with Crippen molar-refractivity contribution in [3.05, 3.63) is 0 Å². The van der Waals surface area contributed by atoms with E-state index in [1.54, 1.807) is 0 Å². The zero-order valence-corrected chi connectivity index (χ0v) is 9.97. The topological polar surface area (TPSA) is 3.24 Å². The van der Waals surface area contributed by atoms with Gasteiger partial charge in [-0.25, -0.2) is 0 Å². The van der Waals surface area contributed by atoms with Gasteiger partial charge in [0.15, 0.2) is 0 Å². The molecular formula is C12H27N. The van der Waals surface area contributed by atoms with E-state index in [1.165, 1.54) is 45.3 Å². The second-order valence-electron chi connectivity index (χ2n) is 4.35. The van der Waals surface area contributed by atoms with Gasteiger partial charge in [-0.2, -0.15) is 0 Å². The third kappa shape index (κ3) is 8.29. The zero-order chi connectivity index (χ0) is 10.1. The monoisotopic (exact) mass is 185 g/mol. The number of nitrogens with zero attached hydrogens (tertiary/aromatic N) is 1. The first-order valence-electron chi connectivity index (χ1n) is 5.93. The van der Waals surface area contributed by atoms with Gasteiger partial charge in [-0.1, -0.05) is 47.0 Å². The van der Waals surface area contributed by atoms with E-state index < -0.39 is 0 Å². The highest BCUT2D eigenvalue weighted by Gasteiger charge is 2.03. The fourth-order valence-electron chi connectivity index (χ4n) is 1.66. The normalized spacial score (nSPS) is 11.5. The summed E-state index contributed by atoms with van der Waals surface area (Å²) in [4.78, 5) is 2.57. The molecule has 0 spiro atoms. The SMILES string of the molecule is CCCCCCN(CC)CC(C)C. The van der Waals surface area contributed by atoms with Gasteiger partial charge in [0.25, 0.3) is 0 Å². The first kappa shape index (κ1) is 13.0. The quantitative estimate of drug-likeness (QED) is 0.523. The van der Waals surface area contributed by atoms with Crippen molar-refractivity contribution in [3.63, 3.8) is 0 Å². The van der Waals surface area contributed by atoms with E-state index in [0.717, 1.165) is 5.92 Å². The molecule has 0 aromatic rings. The van der Waals surface area contributed by atoms with Crippen molar-refractivity contribution < 1.29 is 0 Å². The zero-order valence-electron chi connectivity index (χ0n) is 9.97. The highest BCUT2D eigenvalue weighted by molar-refractivity contribution is 4.58. The van der Waals surface area contributed by atoms with Gasteiger partial charge in [-0.3, -0.25) is 0 Å². The van der Waals surface area contributed by atoms with E-state index in [4.69, 9.17) is 0 Å². The molecule has 0 aliphatic carbocycles. The van der Waals surface area contributed by atoms with Crippen molar-refractivity contribution in [2.75, 3.05) is 19.6 Å². The van der Waals surface area contributed by atoms with Crippen LogP contribution in [-0.4, -0.2) is 24.5 Å². The van der Waals surface area contributed by atoms with E-state index >= 15 is 0 Å². The maximum atomic E-state index is 2.57. The minimum absolute atomic E-state index is 0.811. The van der Waals surface area contributed by atoms with Gasteiger partial charge < -0.3 is 4.90 Å². The van der Waals surface area contributed by atoms with Gasteiger partial charge >= 0.3 is 0 Å². The summed E-state index contributed by atoms with van der Waals surface area (Å²) in [5, 5.41) is 0. The average Bonchev–Trinajstić information content (AvgIpc) is 2.09. The minimum atomic E-state index is 0.811. The molecule has 0 aliphatic heterocycles. The van der Waals surface area contributed by atoms with E-state index in [1.807, 2.05) is 0 Å². The Labute approximate surface area is 84.5 Å². The highest BCUT2D eigenvalue weighted by Crippen LogP contribution is 2.03. The molecule has 0 aromatic carbocycles. The molecular weight excluding hydrogens is 158 g/mol. The second-order valence-corrected chi connectivity index (χ2v) is 4.35. The standard InChI is InChI=1S/C12H27N/c1-5-7-8-9-10-13(6-2)11-12(3)4/h12H,5-11H2,1-4H3. The minimum Gasteiger partial charge on any atom is -0.303 e. The Hall–Kier alpha value is -0.0400. The summed E-state index contributed by atoms with van der Waals surface area (Å²) in [6, 6.07) is 0. The lowest BCUT2D eigenvalue weighted by atomic mass is 10.1. The Balaban J connectivity index is 3.36. The van der Waals surface area contributed by atoms with E-state index in [9.17, 15) is 0 Å². The summed E-state index contributed by atoms with van der Waals surface area (Å²) in [6.07, 6.45) is 5.54. The lowest BCUT2D eigenvalue weighted by molar-refractivity contribution is 0.251. The molecule has 13 heavy (non-hydrogen) atoms. The lowest BCUT2D eigenvalue weighted by Crippen LogP contribution is -2.28. The van der Waals surface area contributed by atoms with Crippen LogP contribution in [0.15, 0.2) is 0 Å². The number of hydrogen-bond acceptors (Lipinski definition) is 1. The van der Waals surface area contributed by atoms with Crippen LogP contribution in [0.5, 0.6) is 0 Å². The van der Waals surface area contributed by atoms with E-state index in [-0.39, 0.29) is 0 Å². The van der Waals surface area contributed by atoms with E-state index in [0.29, 0.717) is 0 Å². The first-order chi connectivity index (χ1) is 6.20. The average molecular weight is 185 g/mol. The van der Waals surface area contributed by atoms with Crippen molar-refractivity contribution >= 4 is 0 Å². The molecule has 1 heteroatoms. The van der Waals surface area contributed by atoms with Crippen molar-refractivity contribution in [2.24, 2.45) is 5.92 Å².